The molecule has 1 aliphatic rings. The van der Waals surface area contributed by atoms with Gasteiger partial charge in [0.05, 0.1) is 5.56 Å². The molecule has 0 aliphatic carbocycles. The fourth-order valence-corrected chi connectivity index (χ4v) is 2.47. The van der Waals surface area contributed by atoms with Gasteiger partial charge in [-0.3, -0.25) is 9.59 Å². The molecule has 98 valence electrons. The van der Waals surface area contributed by atoms with Gasteiger partial charge in [-0.1, -0.05) is 0 Å². The van der Waals surface area contributed by atoms with E-state index in [0.29, 0.717) is 30.7 Å². The van der Waals surface area contributed by atoms with Crippen molar-refractivity contribution in [1.82, 2.24) is 15.2 Å². The van der Waals surface area contributed by atoms with E-state index in [1.807, 2.05) is 4.90 Å². The lowest BCUT2D eigenvalue weighted by Gasteiger charge is -2.36. The van der Waals surface area contributed by atoms with Crippen molar-refractivity contribution >= 4 is 5.91 Å². The fraction of sp³-hybridized carbons (Fsp3) is 0.538. The Hall–Kier alpha value is -1.62. The van der Waals surface area contributed by atoms with Gasteiger partial charge in [0.1, 0.15) is 0 Å². The molecule has 2 heterocycles. The van der Waals surface area contributed by atoms with Gasteiger partial charge in [0.15, 0.2) is 0 Å². The van der Waals surface area contributed by atoms with Crippen molar-refractivity contribution in [1.29, 1.82) is 0 Å². The Balaban J connectivity index is 2.22. The summed E-state index contributed by atoms with van der Waals surface area (Å²) in [5.74, 6) is -0.0102. The maximum absolute atomic E-state index is 12.4. The zero-order valence-corrected chi connectivity index (χ0v) is 11.0. The predicted octanol–water partition coefficient (Wildman–Crippen LogP) is 0.506. The lowest BCUT2D eigenvalue weighted by Crippen LogP contribution is -2.55. The number of amides is 1. The summed E-state index contributed by atoms with van der Waals surface area (Å²) in [4.78, 5) is 28.0. The maximum Gasteiger partial charge on any atom is 0.255 e. The SMILES string of the molecule is Cc1cc(=O)[nH]cc1C(=O)N1C[C@@H](C)N[C@H](C)C1. The van der Waals surface area contributed by atoms with Crippen molar-refractivity contribution in [3.8, 4) is 0 Å². The number of nitrogens with one attached hydrogen (secondary N) is 2. The maximum atomic E-state index is 12.4. The highest BCUT2D eigenvalue weighted by molar-refractivity contribution is 5.95. The molecule has 0 unspecified atom stereocenters. The van der Waals surface area contributed by atoms with Crippen molar-refractivity contribution in [3.05, 3.63) is 33.7 Å². The minimum absolute atomic E-state index is 0.0102. The number of carbonyl (C=O) groups excluding carboxylic acids is 1. The summed E-state index contributed by atoms with van der Waals surface area (Å²) in [5, 5.41) is 3.39. The quantitative estimate of drug-likeness (QED) is 0.762. The standard InChI is InChI=1S/C13H19N3O2/c1-8-4-12(17)14-5-11(8)13(18)16-6-9(2)15-10(3)7-16/h4-5,9-10,15H,6-7H2,1-3H3,(H,14,17)/t9-,10-/m1/s1. The van der Waals surface area contributed by atoms with E-state index in [4.69, 9.17) is 0 Å². The third kappa shape index (κ3) is 2.61. The van der Waals surface area contributed by atoms with Crippen LogP contribution in [-0.2, 0) is 0 Å². The second-order valence-electron chi connectivity index (χ2n) is 5.07. The van der Waals surface area contributed by atoms with Gasteiger partial charge in [0, 0.05) is 37.4 Å². The summed E-state index contributed by atoms with van der Waals surface area (Å²) in [6, 6.07) is 2.05. The topological polar surface area (TPSA) is 65.2 Å². The molecule has 1 fully saturated rings. The van der Waals surface area contributed by atoms with Gasteiger partial charge >= 0.3 is 0 Å². The van der Waals surface area contributed by atoms with Crippen LogP contribution in [0.15, 0.2) is 17.1 Å². The van der Waals surface area contributed by atoms with Crippen molar-refractivity contribution in [2.24, 2.45) is 0 Å². The van der Waals surface area contributed by atoms with Crippen LogP contribution in [0, 0.1) is 6.92 Å². The van der Waals surface area contributed by atoms with E-state index < -0.39 is 0 Å². The second-order valence-corrected chi connectivity index (χ2v) is 5.07. The number of carbonyl (C=O) groups is 1. The number of hydrogen-bond acceptors (Lipinski definition) is 3. The summed E-state index contributed by atoms with van der Waals surface area (Å²) in [6.07, 6.45) is 1.51. The van der Waals surface area contributed by atoms with E-state index in [1.165, 1.54) is 12.3 Å². The molecule has 1 aromatic rings. The lowest BCUT2D eigenvalue weighted by atomic mass is 10.1. The Morgan fingerprint density at radius 2 is 1.94 bits per heavy atom. The van der Waals surface area contributed by atoms with E-state index in [9.17, 15) is 9.59 Å². The van der Waals surface area contributed by atoms with Crippen LogP contribution in [0.3, 0.4) is 0 Å². The Morgan fingerprint density at radius 1 is 1.33 bits per heavy atom. The molecule has 18 heavy (non-hydrogen) atoms. The minimum Gasteiger partial charge on any atom is -0.335 e. The van der Waals surface area contributed by atoms with Crippen LogP contribution < -0.4 is 10.9 Å². The van der Waals surface area contributed by atoms with E-state index in [2.05, 4.69) is 24.1 Å². The number of aromatic nitrogens is 1. The molecule has 5 heteroatoms. The average Bonchev–Trinajstić information content (AvgIpc) is 2.26. The van der Waals surface area contributed by atoms with Crippen molar-refractivity contribution in [3.63, 3.8) is 0 Å². The number of H-pyrrole nitrogens is 1. The summed E-state index contributed by atoms with van der Waals surface area (Å²) in [7, 11) is 0. The molecule has 0 spiro atoms. The normalized spacial score (nSPS) is 24.1. The van der Waals surface area contributed by atoms with Crippen LogP contribution in [0.5, 0.6) is 0 Å². The van der Waals surface area contributed by atoms with E-state index in [0.717, 1.165) is 5.56 Å². The third-order valence-electron chi connectivity index (χ3n) is 3.21. The van der Waals surface area contributed by atoms with Crippen molar-refractivity contribution < 1.29 is 4.79 Å². The first-order chi connectivity index (χ1) is 8.47. The molecule has 1 aromatic heterocycles. The number of piperazine rings is 1. The number of rotatable bonds is 1. The molecule has 1 saturated heterocycles. The molecule has 1 aliphatic heterocycles. The van der Waals surface area contributed by atoms with Gasteiger partial charge in [-0.2, -0.15) is 0 Å². The van der Waals surface area contributed by atoms with Crippen LogP contribution in [0.2, 0.25) is 0 Å². The highest BCUT2D eigenvalue weighted by Crippen LogP contribution is 2.11. The van der Waals surface area contributed by atoms with Crippen molar-refractivity contribution in [2.45, 2.75) is 32.9 Å². The molecular weight excluding hydrogens is 230 g/mol. The largest absolute Gasteiger partial charge is 0.335 e. The zero-order chi connectivity index (χ0) is 13.3. The van der Waals surface area contributed by atoms with Crippen LogP contribution in [0.4, 0.5) is 0 Å². The van der Waals surface area contributed by atoms with E-state index in [-0.39, 0.29) is 11.5 Å². The van der Waals surface area contributed by atoms with E-state index in [1.54, 1.807) is 6.92 Å². The predicted molar refractivity (Wildman–Crippen MR) is 69.8 cm³/mol. The first-order valence-corrected chi connectivity index (χ1v) is 6.22. The Kier molecular flexibility index (Phi) is 3.52. The molecule has 0 aromatic carbocycles. The highest BCUT2D eigenvalue weighted by atomic mass is 16.2. The molecule has 2 atom stereocenters. The molecule has 0 saturated carbocycles. The third-order valence-corrected chi connectivity index (χ3v) is 3.21. The Bertz CT molecular complexity index is 499. The minimum atomic E-state index is -0.175. The number of pyridine rings is 1. The average molecular weight is 249 g/mol. The number of aryl methyl sites for hydroxylation is 1. The summed E-state index contributed by atoms with van der Waals surface area (Å²) in [5.41, 5.74) is 1.13. The first kappa shape index (κ1) is 12.8. The number of aromatic amines is 1. The molecule has 0 radical (unpaired) electrons. The monoisotopic (exact) mass is 249 g/mol. The molecule has 5 nitrogen and oxygen atoms in total. The Labute approximate surface area is 106 Å². The van der Waals surface area contributed by atoms with Gasteiger partial charge < -0.3 is 15.2 Å². The molecule has 1 amide bonds. The summed E-state index contributed by atoms with van der Waals surface area (Å²) >= 11 is 0. The first-order valence-electron chi connectivity index (χ1n) is 6.22. The van der Waals surface area contributed by atoms with Crippen LogP contribution in [0.25, 0.3) is 0 Å². The van der Waals surface area contributed by atoms with Crippen LogP contribution >= 0.6 is 0 Å². The number of hydrogen-bond donors (Lipinski definition) is 2. The van der Waals surface area contributed by atoms with Crippen LogP contribution in [0.1, 0.15) is 29.8 Å². The molecule has 2 N–H and O–H groups in total. The lowest BCUT2D eigenvalue weighted by molar-refractivity contribution is 0.0672. The van der Waals surface area contributed by atoms with Gasteiger partial charge in [-0.25, -0.2) is 0 Å². The van der Waals surface area contributed by atoms with Crippen LogP contribution in [-0.4, -0.2) is 41.0 Å². The fourth-order valence-electron chi connectivity index (χ4n) is 2.47. The zero-order valence-electron chi connectivity index (χ0n) is 11.0. The summed E-state index contributed by atoms with van der Waals surface area (Å²) in [6.45, 7) is 7.31. The van der Waals surface area contributed by atoms with Gasteiger partial charge in [0.2, 0.25) is 5.56 Å². The highest BCUT2D eigenvalue weighted by Gasteiger charge is 2.26. The van der Waals surface area contributed by atoms with Crippen molar-refractivity contribution in [2.75, 3.05) is 13.1 Å². The smallest absolute Gasteiger partial charge is 0.255 e. The van der Waals surface area contributed by atoms with E-state index >= 15 is 0 Å². The Morgan fingerprint density at radius 3 is 2.50 bits per heavy atom. The second kappa shape index (κ2) is 4.94. The molecule has 0 bridgehead atoms. The van der Waals surface area contributed by atoms with Gasteiger partial charge in [-0.05, 0) is 26.3 Å². The van der Waals surface area contributed by atoms with Gasteiger partial charge in [-0.15, -0.1) is 0 Å². The summed E-state index contributed by atoms with van der Waals surface area (Å²) < 4.78 is 0. The molecular formula is C13H19N3O2. The van der Waals surface area contributed by atoms with Gasteiger partial charge in [0.25, 0.3) is 5.91 Å². The number of nitrogens with zero attached hydrogens (tertiary/aromatic N) is 1. The molecule has 2 rings (SSSR count).